The highest BCUT2D eigenvalue weighted by Gasteiger charge is 2.11. The molecule has 0 aromatic carbocycles. The largest absolute Gasteiger partial charge is 0.461 e. The lowest BCUT2D eigenvalue weighted by Crippen LogP contribution is -2.10. The minimum absolute atomic E-state index is 0.179. The third-order valence-electron chi connectivity index (χ3n) is 3.06. The topological polar surface area (TPSA) is 132 Å². The second kappa shape index (κ2) is 8.20. The van der Waals surface area contributed by atoms with Gasteiger partial charge in [0.15, 0.2) is 0 Å². The number of esters is 2. The van der Waals surface area contributed by atoms with Crippen molar-refractivity contribution in [3.05, 3.63) is 47.0 Å². The van der Waals surface area contributed by atoms with E-state index in [0.29, 0.717) is 12.8 Å². The van der Waals surface area contributed by atoms with Crippen molar-refractivity contribution in [2.75, 3.05) is 13.2 Å². The molecule has 2 rings (SSSR count). The van der Waals surface area contributed by atoms with E-state index in [1.54, 1.807) is 0 Å². The van der Waals surface area contributed by atoms with Crippen molar-refractivity contribution >= 4 is 11.9 Å². The number of carbonyl (C=O) groups excluding carboxylic acids is 2. The fraction of sp³-hybridized carbons (Fsp3) is 0.250. The molecule has 0 unspecified atom stereocenters. The van der Waals surface area contributed by atoms with Gasteiger partial charge in [-0.15, -0.1) is 0 Å². The van der Waals surface area contributed by atoms with Gasteiger partial charge in [0, 0.05) is 0 Å². The number of carbonyl (C=O) groups is 2. The molecule has 122 valence electrons. The van der Waals surface area contributed by atoms with E-state index < -0.39 is 11.9 Å². The van der Waals surface area contributed by atoms with E-state index >= 15 is 0 Å². The summed E-state index contributed by atoms with van der Waals surface area (Å²) in [5, 5.41) is 17.3. The van der Waals surface area contributed by atoms with Crippen LogP contribution in [-0.4, -0.2) is 35.1 Å². The quantitative estimate of drug-likeness (QED) is 0.589. The summed E-state index contributed by atoms with van der Waals surface area (Å²) in [6.07, 6.45) is 1.05. The van der Waals surface area contributed by atoms with Gasteiger partial charge < -0.3 is 19.4 Å². The first-order chi connectivity index (χ1) is 11.6. The predicted octanol–water partition coefficient (Wildman–Crippen LogP) is 1.88. The van der Waals surface area contributed by atoms with E-state index in [9.17, 15) is 9.59 Å². The molecule has 0 radical (unpaired) electrons. The Hall–Kier alpha value is -3.52. The summed E-state index contributed by atoms with van der Waals surface area (Å²) >= 11 is 0. The summed E-state index contributed by atoms with van der Waals surface area (Å²) in [5.74, 6) is -1.08. The third kappa shape index (κ3) is 4.49. The van der Waals surface area contributed by atoms with Gasteiger partial charge in [0.05, 0.1) is 13.2 Å². The van der Waals surface area contributed by atoms with Crippen LogP contribution in [0.3, 0.4) is 0 Å². The molecule has 8 nitrogen and oxygen atoms in total. The van der Waals surface area contributed by atoms with Crippen molar-refractivity contribution in [1.29, 1.82) is 10.5 Å². The smallest absolute Gasteiger partial charge is 0.354 e. The number of ether oxygens (including phenoxy) is 2. The number of H-pyrrole nitrogens is 2. The Morgan fingerprint density at radius 3 is 1.58 bits per heavy atom. The molecule has 8 heteroatoms. The van der Waals surface area contributed by atoms with E-state index in [2.05, 4.69) is 9.97 Å². The molecule has 2 heterocycles. The minimum Gasteiger partial charge on any atom is -0.461 e. The van der Waals surface area contributed by atoms with Gasteiger partial charge in [-0.2, -0.15) is 10.5 Å². The fourth-order valence-corrected chi connectivity index (χ4v) is 1.85. The molecule has 2 N–H and O–H groups in total. The first-order valence-corrected chi connectivity index (χ1v) is 7.16. The number of nitrogens with one attached hydrogen (secondary N) is 2. The summed E-state index contributed by atoms with van der Waals surface area (Å²) in [6, 6.07) is 9.72. The van der Waals surface area contributed by atoms with Crippen LogP contribution in [0.4, 0.5) is 0 Å². The summed E-state index contributed by atoms with van der Waals surface area (Å²) in [7, 11) is 0. The molecular weight excluding hydrogens is 312 g/mol. The van der Waals surface area contributed by atoms with Crippen LogP contribution in [0.5, 0.6) is 0 Å². The second-order valence-corrected chi connectivity index (χ2v) is 4.77. The fourth-order valence-electron chi connectivity index (χ4n) is 1.85. The lowest BCUT2D eigenvalue weighted by Gasteiger charge is -2.05. The Morgan fingerprint density at radius 2 is 1.25 bits per heavy atom. The van der Waals surface area contributed by atoms with Crippen LogP contribution in [0.25, 0.3) is 0 Å². The van der Waals surface area contributed by atoms with Gasteiger partial charge in [-0.3, -0.25) is 0 Å². The number of nitrogens with zero attached hydrogens (tertiary/aromatic N) is 2. The van der Waals surface area contributed by atoms with Crippen LogP contribution >= 0.6 is 0 Å². The Bertz CT molecular complexity index is 738. The molecular formula is C16H14N4O4. The number of aromatic nitrogens is 2. The molecule has 0 saturated carbocycles. The van der Waals surface area contributed by atoms with Crippen LogP contribution in [0.15, 0.2) is 24.3 Å². The molecule has 2 aromatic rings. The second-order valence-electron chi connectivity index (χ2n) is 4.77. The molecule has 2 aromatic heterocycles. The highest BCUT2D eigenvalue weighted by Crippen LogP contribution is 2.05. The van der Waals surface area contributed by atoms with E-state index in [1.807, 2.05) is 12.1 Å². The summed E-state index contributed by atoms with van der Waals surface area (Å²) in [5.41, 5.74) is 1.02. The lowest BCUT2D eigenvalue weighted by atomic mass is 10.3. The van der Waals surface area contributed by atoms with Crippen LogP contribution in [0, 0.1) is 22.7 Å². The molecule has 24 heavy (non-hydrogen) atoms. The van der Waals surface area contributed by atoms with E-state index in [4.69, 9.17) is 20.0 Å². The van der Waals surface area contributed by atoms with Crippen molar-refractivity contribution in [2.45, 2.75) is 12.8 Å². The number of nitriles is 2. The SMILES string of the molecule is N#Cc1ccc(C(=O)OCCCCOC(=O)c2ccc(C#N)[nH]2)[nH]1. The van der Waals surface area contributed by atoms with Crippen molar-refractivity contribution in [3.8, 4) is 12.1 Å². The van der Waals surface area contributed by atoms with Gasteiger partial charge in [0.2, 0.25) is 0 Å². The zero-order valence-electron chi connectivity index (χ0n) is 12.7. The van der Waals surface area contributed by atoms with Crippen LogP contribution in [0.2, 0.25) is 0 Å². The van der Waals surface area contributed by atoms with Crippen molar-refractivity contribution in [3.63, 3.8) is 0 Å². The molecule has 0 aliphatic rings. The van der Waals surface area contributed by atoms with Gasteiger partial charge >= 0.3 is 11.9 Å². The molecule has 0 aliphatic carbocycles. The van der Waals surface area contributed by atoms with Gasteiger partial charge in [0.1, 0.15) is 34.9 Å². The standard InChI is InChI=1S/C16H14N4O4/c17-9-11-3-5-13(19-11)15(21)23-7-1-2-8-24-16(22)14-6-4-12(10-18)20-14/h3-6,19-20H,1-2,7-8H2. The van der Waals surface area contributed by atoms with Gasteiger partial charge in [-0.05, 0) is 37.1 Å². The van der Waals surface area contributed by atoms with E-state index in [-0.39, 0.29) is 36.0 Å². The molecule has 0 spiro atoms. The van der Waals surface area contributed by atoms with E-state index in [0.717, 1.165) is 0 Å². The number of hydrogen-bond donors (Lipinski definition) is 2. The third-order valence-corrected chi connectivity index (χ3v) is 3.06. The number of rotatable bonds is 7. The highest BCUT2D eigenvalue weighted by molar-refractivity contribution is 5.88. The van der Waals surface area contributed by atoms with Gasteiger partial charge in [0.25, 0.3) is 0 Å². The van der Waals surface area contributed by atoms with Crippen LogP contribution in [-0.2, 0) is 9.47 Å². The summed E-state index contributed by atoms with van der Waals surface area (Å²) < 4.78 is 10.1. The van der Waals surface area contributed by atoms with E-state index in [1.165, 1.54) is 24.3 Å². The number of aromatic amines is 2. The summed E-state index contributed by atoms with van der Waals surface area (Å²) in [6.45, 7) is 0.358. The molecule has 0 bridgehead atoms. The average molecular weight is 326 g/mol. The zero-order valence-corrected chi connectivity index (χ0v) is 12.7. The maximum absolute atomic E-state index is 11.7. The maximum atomic E-state index is 11.7. The molecule has 0 amide bonds. The minimum atomic E-state index is -0.538. The normalized spacial score (nSPS) is 9.75. The van der Waals surface area contributed by atoms with Crippen molar-refractivity contribution in [2.24, 2.45) is 0 Å². The average Bonchev–Trinajstić information content (AvgIpc) is 3.26. The first kappa shape index (κ1) is 16.8. The number of hydrogen-bond acceptors (Lipinski definition) is 6. The first-order valence-electron chi connectivity index (χ1n) is 7.16. The molecule has 0 aliphatic heterocycles. The number of unbranched alkanes of at least 4 members (excludes halogenated alkanes) is 1. The Kier molecular flexibility index (Phi) is 5.76. The maximum Gasteiger partial charge on any atom is 0.354 e. The van der Waals surface area contributed by atoms with Crippen molar-refractivity contribution < 1.29 is 19.1 Å². The molecule has 0 fully saturated rings. The Labute approximate surface area is 137 Å². The lowest BCUT2D eigenvalue weighted by molar-refractivity contribution is 0.0426. The zero-order chi connectivity index (χ0) is 17.4. The summed E-state index contributed by atoms with van der Waals surface area (Å²) in [4.78, 5) is 28.6. The van der Waals surface area contributed by atoms with Crippen LogP contribution < -0.4 is 0 Å². The van der Waals surface area contributed by atoms with Gasteiger partial charge in [-0.1, -0.05) is 0 Å². The molecule has 0 atom stereocenters. The highest BCUT2D eigenvalue weighted by atomic mass is 16.5. The van der Waals surface area contributed by atoms with Crippen LogP contribution in [0.1, 0.15) is 45.2 Å². The molecule has 0 saturated heterocycles. The predicted molar refractivity (Wildman–Crippen MR) is 80.8 cm³/mol. The monoisotopic (exact) mass is 326 g/mol. The van der Waals surface area contributed by atoms with Crippen molar-refractivity contribution in [1.82, 2.24) is 9.97 Å². The Morgan fingerprint density at radius 1 is 0.833 bits per heavy atom. The Balaban J connectivity index is 1.61. The van der Waals surface area contributed by atoms with Gasteiger partial charge in [-0.25, -0.2) is 9.59 Å².